The van der Waals surface area contributed by atoms with E-state index in [-0.39, 0.29) is 23.4 Å². The molecule has 1 aromatic heterocycles. The van der Waals surface area contributed by atoms with Gasteiger partial charge < -0.3 is 15.0 Å². The van der Waals surface area contributed by atoms with Crippen molar-refractivity contribution in [1.29, 1.82) is 10.5 Å². The van der Waals surface area contributed by atoms with Crippen molar-refractivity contribution >= 4 is 23.4 Å². The quantitative estimate of drug-likeness (QED) is 0.492. The third-order valence-corrected chi connectivity index (χ3v) is 3.20. The van der Waals surface area contributed by atoms with E-state index in [0.29, 0.717) is 11.3 Å². The Kier molecular flexibility index (Phi) is 5.70. The van der Waals surface area contributed by atoms with E-state index in [2.05, 4.69) is 10.3 Å². The van der Waals surface area contributed by atoms with Crippen LogP contribution in [0.25, 0.3) is 6.08 Å². The van der Waals surface area contributed by atoms with Gasteiger partial charge in [0, 0.05) is 17.4 Å². The fraction of sp³-hybridized carbons (Fsp3) is 0.111. The molecule has 0 aliphatic carbocycles. The molecule has 0 aliphatic rings. The number of esters is 1. The minimum atomic E-state index is -0.777. The number of rotatable bonds is 5. The van der Waals surface area contributed by atoms with Crippen molar-refractivity contribution in [2.75, 3.05) is 11.9 Å². The molecule has 2 rings (SSSR count). The Morgan fingerprint density at radius 2 is 2.04 bits per heavy atom. The van der Waals surface area contributed by atoms with Crippen LogP contribution in [-0.4, -0.2) is 17.6 Å². The molecule has 2 N–H and O–H groups in total. The summed E-state index contributed by atoms with van der Waals surface area (Å²) in [4.78, 5) is 26.1. The first kappa shape index (κ1) is 17.5. The van der Waals surface area contributed by atoms with E-state index >= 15 is 0 Å². The van der Waals surface area contributed by atoms with E-state index in [1.807, 2.05) is 12.1 Å². The standard InChI is InChI=1S/C18H14N4O3/c1-2-25-18(24)12(9-19)8-13-11-21-17(23)15(10-20)16(13)22-14-6-4-3-5-7-14/h3-8,11H,2H2,1H3,(H2,21,22,23)/b12-8-. The van der Waals surface area contributed by atoms with Crippen LogP contribution in [-0.2, 0) is 9.53 Å². The number of aromatic nitrogens is 1. The highest BCUT2D eigenvalue weighted by Crippen LogP contribution is 2.24. The van der Waals surface area contributed by atoms with Crippen LogP contribution in [0, 0.1) is 22.7 Å². The predicted molar refractivity (Wildman–Crippen MR) is 91.7 cm³/mol. The van der Waals surface area contributed by atoms with Gasteiger partial charge in [-0.1, -0.05) is 18.2 Å². The molecular formula is C18H14N4O3. The Morgan fingerprint density at radius 3 is 2.64 bits per heavy atom. The number of hydrogen-bond acceptors (Lipinski definition) is 6. The van der Waals surface area contributed by atoms with Gasteiger partial charge in [0.2, 0.25) is 0 Å². The fourth-order valence-electron chi connectivity index (χ4n) is 2.07. The highest BCUT2D eigenvalue weighted by Gasteiger charge is 2.15. The molecule has 0 aliphatic heterocycles. The molecule has 7 nitrogen and oxygen atoms in total. The number of nitriles is 2. The summed E-state index contributed by atoms with van der Waals surface area (Å²) in [6.07, 6.45) is 2.59. The largest absolute Gasteiger partial charge is 0.462 e. The average Bonchev–Trinajstić information content (AvgIpc) is 2.62. The molecule has 1 aromatic carbocycles. The van der Waals surface area contributed by atoms with Crippen molar-refractivity contribution in [3.05, 3.63) is 63.6 Å². The zero-order chi connectivity index (χ0) is 18.2. The number of nitrogens with one attached hydrogen (secondary N) is 2. The van der Waals surface area contributed by atoms with Gasteiger partial charge in [-0.05, 0) is 25.1 Å². The molecule has 0 atom stereocenters. The van der Waals surface area contributed by atoms with Crippen LogP contribution in [0.1, 0.15) is 18.1 Å². The van der Waals surface area contributed by atoms with E-state index in [1.54, 1.807) is 37.3 Å². The number of carbonyl (C=O) groups excluding carboxylic acids is 1. The maximum Gasteiger partial charge on any atom is 0.348 e. The summed E-state index contributed by atoms with van der Waals surface area (Å²) >= 11 is 0. The Morgan fingerprint density at radius 1 is 1.32 bits per heavy atom. The molecular weight excluding hydrogens is 320 g/mol. The Balaban J connectivity index is 2.59. The summed E-state index contributed by atoms with van der Waals surface area (Å²) in [5.41, 5.74) is 0.188. The van der Waals surface area contributed by atoms with Crippen molar-refractivity contribution in [2.45, 2.75) is 6.92 Å². The van der Waals surface area contributed by atoms with Gasteiger partial charge in [0.15, 0.2) is 0 Å². The summed E-state index contributed by atoms with van der Waals surface area (Å²) in [7, 11) is 0. The van der Waals surface area contributed by atoms with Crippen LogP contribution in [0.3, 0.4) is 0 Å². The van der Waals surface area contributed by atoms with E-state index < -0.39 is 11.5 Å². The van der Waals surface area contributed by atoms with Gasteiger partial charge in [-0.25, -0.2) is 4.79 Å². The molecule has 0 saturated heterocycles. The zero-order valence-corrected chi connectivity index (χ0v) is 13.4. The number of ether oxygens (including phenoxy) is 1. The number of hydrogen-bond donors (Lipinski definition) is 2. The van der Waals surface area contributed by atoms with E-state index in [1.165, 1.54) is 12.3 Å². The van der Waals surface area contributed by atoms with Crippen LogP contribution in [0.15, 0.2) is 46.9 Å². The maximum atomic E-state index is 11.9. The van der Waals surface area contributed by atoms with Crippen LogP contribution < -0.4 is 10.9 Å². The van der Waals surface area contributed by atoms with Crippen LogP contribution in [0.2, 0.25) is 0 Å². The van der Waals surface area contributed by atoms with Crippen molar-refractivity contribution in [2.24, 2.45) is 0 Å². The second-order valence-electron chi connectivity index (χ2n) is 4.82. The first-order chi connectivity index (χ1) is 12.1. The molecule has 0 radical (unpaired) electrons. The van der Waals surface area contributed by atoms with Gasteiger partial charge in [-0.3, -0.25) is 4.79 Å². The van der Waals surface area contributed by atoms with Gasteiger partial charge in [-0.15, -0.1) is 0 Å². The van der Waals surface area contributed by atoms with E-state index in [4.69, 9.17) is 10.00 Å². The summed E-state index contributed by atoms with van der Waals surface area (Å²) in [5, 5.41) is 21.5. The highest BCUT2D eigenvalue weighted by atomic mass is 16.5. The number of nitrogens with zero attached hydrogens (tertiary/aromatic N) is 2. The molecule has 7 heteroatoms. The summed E-state index contributed by atoms with van der Waals surface area (Å²) < 4.78 is 4.82. The van der Waals surface area contributed by atoms with E-state index in [0.717, 1.165) is 0 Å². The molecule has 1 heterocycles. The normalized spacial score (nSPS) is 10.4. The molecule has 0 fully saturated rings. The zero-order valence-electron chi connectivity index (χ0n) is 13.4. The number of H-pyrrole nitrogens is 1. The molecule has 0 amide bonds. The molecule has 0 bridgehead atoms. The second kappa shape index (κ2) is 8.14. The Labute approximate surface area is 143 Å². The predicted octanol–water partition coefficient (Wildman–Crippen LogP) is 2.46. The smallest absolute Gasteiger partial charge is 0.348 e. The van der Waals surface area contributed by atoms with Crippen LogP contribution in [0.4, 0.5) is 11.4 Å². The third kappa shape index (κ3) is 4.12. The van der Waals surface area contributed by atoms with Crippen LogP contribution in [0.5, 0.6) is 0 Å². The second-order valence-corrected chi connectivity index (χ2v) is 4.82. The van der Waals surface area contributed by atoms with Crippen molar-refractivity contribution in [1.82, 2.24) is 4.98 Å². The number of anilines is 2. The third-order valence-electron chi connectivity index (χ3n) is 3.20. The van der Waals surface area contributed by atoms with Gasteiger partial charge in [0.25, 0.3) is 5.56 Å². The van der Waals surface area contributed by atoms with Crippen molar-refractivity contribution < 1.29 is 9.53 Å². The first-order valence-electron chi connectivity index (χ1n) is 7.37. The minimum Gasteiger partial charge on any atom is -0.462 e. The minimum absolute atomic E-state index is 0.127. The molecule has 2 aromatic rings. The lowest BCUT2D eigenvalue weighted by Crippen LogP contribution is -2.14. The number of para-hydroxylation sites is 1. The molecule has 0 saturated carbocycles. The summed E-state index contributed by atoms with van der Waals surface area (Å²) in [5.74, 6) is -0.777. The Hall–Kier alpha value is -3.84. The molecule has 25 heavy (non-hydrogen) atoms. The lowest BCUT2D eigenvalue weighted by molar-refractivity contribution is -0.137. The van der Waals surface area contributed by atoms with Gasteiger partial charge in [0.1, 0.15) is 23.3 Å². The lowest BCUT2D eigenvalue weighted by atomic mass is 10.1. The van der Waals surface area contributed by atoms with Crippen LogP contribution >= 0.6 is 0 Å². The number of pyridine rings is 1. The number of aromatic amines is 1. The number of carbonyl (C=O) groups is 1. The van der Waals surface area contributed by atoms with Gasteiger partial charge in [-0.2, -0.15) is 10.5 Å². The SMILES string of the molecule is CCOC(=O)/C(C#N)=C\c1c[nH]c(=O)c(C#N)c1Nc1ccccc1. The van der Waals surface area contributed by atoms with Gasteiger partial charge in [0.05, 0.1) is 12.3 Å². The monoisotopic (exact) mass is 334 g/mol. The number of benzene rings is 1. The topological polar surface area (TPSA) is 119 Å². The van der Waals surface area contributed by atoms with Gasteiger partial charge >= 0.3 is 5.97 Å². The van der Waals surface area contributed by atoms with E-state index in [9.17, 15) is 14.9 Å². The first-order valence-corrected chi connectivity index (χ1v) is 7.37. The molecule has 124 valence electrons. The lowest BCUT2D eigenvalue weighted by Gasteiger charge is -2.11. The average molecular weight is 334 g/mol. The fourth-order valence-corrected chi connectivity index (χ4v) is 2.07. The van der Waals surface area contributed by atoms with Crippen molar-refractivity contribution in [3.63, 3.8) is 0 Å². The van der Waals surface area contributed by atoms with Crippen molar-refractivity contribution in [3.8, 4) is 12.1 Å². The highest BCUT2D eigenvalue weighted by molar-refractivity contribution is 5.99. The summed E-state index contributed by atoms with van der Waals surface area (Å²) in [6.45, 7) is 1.76. The molecule has 0 unspecified atom stereocenters. The molecule has 0 spiro atoms. The summed E-state index contributed by atoms with van der Waals surface area (Å²) in [6, 6.07) is 12.5. The Bertz CT molecular complexity index is 947. The maximum absolute atomic E-state index is 11.9.